The standard InChI is InChI=1S/C14H14N2O2/c1-16(13-5-3-2-4-6-13)10-12-8-7-11(9-15-12)14(17)18/h2-9H,10H2,1H3,(H,17,18). The number of anilines is 1. The molecule has 0 aliphatic heterocycles. The van der Waals surface area contributed by atoms with Gasteiger partial charge in [-0.1, -0.05) is 18.2 Å². The SMILES string of the molecule is CN(Cc1ccc(C(=O)O)cn1)c1ccccc1. The van der Waals surface area contributed by atoms with Crippen LogP contribution in [0.1, 0.15) is 16.1 Å². The molecule has 0 radical (unpaired) electrons. The number of para-hydroxylation sites is 1. The molecule has 0 aliphatic carbocycles. The number of benzene rings is 1. The Labute approximate surface area is 106 Å². The molecule has 0 fully saturated rings. The van der Waals surface area contributed by atoms with E-state index < -0.39 is 5.97 Å². The summed E-state index contributed by atoms with van der Waals surface area (Å²) in [6.07, 6.45) is 1.39. The minimum atomic E-state index is -0.953. The molecule has 0 aliphatic rings. The number of pyridine rings is 1. The molecule has 4 heteroatoms. The Hall–Kier alpha value is -2.36. The van der Waals surface area contributed by atoms with E-state index in [2.05, 4.69) is 9.88 Å². The summed E-state index contributed by atoms with van der Waals surface area (Å²) >= 11 is 0. The van der Waals surface area contributed by atoms with Gasteiger partial charge >= 0.3 is 5.97 Å². The summed E-state index contributed by atoms with van der Waals surface area (Å²) in [6, 6.07) is 13.3. The van der Waals surface area contributed by atoms with E-state index in [4.69, 9.17) is 5.11 Å². The van der Waals surface area contributed by atoms with Crippen molar-refractivity contribution in [2.75, 3.05) is 11.9 Å². The smallest absolute Gasteiger partial charge is 0.337 e. The van der Waals surface area contributed by atoms with Crippen molar-refractivity contribution in [3.05, 3.63) is 59.9 Å². The van der Waals surface area contributed by atoms with Gasteiger partial charge in [0.1, 0.15) is 0 Å². The molecule has 0 unspecified atom stereocenters. The van der Waals surface area contributed by atoms with Crippen LogP contribution in [0.5, 0.6) is 0 Å². The van der Waals surface area contributed by atoms with Gasteiger partial charge < -0.3 is 10.0 Å². The Kier molecular flexibility index (Phi) is 3.57. The molecular formula is C14H14N2O2. The van der Waals surface area contributed by atoms with E-state index in [0.29, 0.717) is 6.54 Å². The predicted molar refractivity (Wildman–Crippen MR) is 69.7 cm³/mol. The first-order chi connectivity index (χ1) is 8.66. The molecular weight excluding hydrogens is 228 g/mol. The first-order valence-corrected chi connectivity index (χ1v) is 5.61. The monoisotopic (exact) mass is 242 g/mol. The zero-order valence-corrected chi connectivity index (χ0v) is 10.1. The number of aromatic carboxylic acids is 1. The molecule has 0 spiro atoms. The van der Waals surface area contributed by atoms with Crippen LogP contribution < -0.4 is 4.90 Å². The number of rotatable bonds is 4. The van der Waals surface area contributed by atoms with E-state index in [0.717, 1.165) is 11.4 Å². The third kappa shape index (κ3) is 2.85. The molecule has 0 saturated heterocycles. The first-order valence-electron chi connectivity index (χ1n) is 5.61. The second-order valence-electron chi connectivity index (χ2n) is 4.03. The zero-order valence-electron chi connectivity index (χ0n) is 10.1. The molecule has 2 rings (SSSR count). The van der Waals surface area contributed by atoms with Gasteiger partial charge in [-0.25, -0.2) is 4.79 Å². The molecule has 1 heterocycles. The van der Waals surface area contributed by atoms with Gasteiger partial charge in [0.05, 0.1) is 17.8 Å². The van der Waals surface area contributed by atoms with Crippen LogP contribution >= 0.6 is 0 Å². The van der Waals surface area contributed by atoms with Crippen LogP contribution in [-0.4, -0.2) is 23.1 Å². The van der Waals surface area contributed by atoms with E-state index in [9.17, 15) is 4.79 Å². The molecule has 0 bridgehead atoms. The molecule has 1 aromatic heterocycles. The lowest BCUT2D eigenvalue weighted by molar-refractivity contribution is 0.0696. The maximum atomic E-state index is 10.7. The van der Waals surface area contributed by atoms with Crippen molar-refractivity contribution in [1.29, 1.82) is 0 Å². The number of nitrogens with zero attached hydrogens (tertiary/aromatic N) is 2. The van der Waals surface area contributed by atoms with Crippen LogP contribution in [0, 0.1) is 0 Å². The maximum absolute atomic E-state index is 10.7. The minimum Gasteiger partial charge on any atom is -0.478 e. The van der Waals surface area contributed by atoms with Gasteiger partial charge in [-0.2, -0.15) is 0 Å². The van der Waals surface area contributed by atoms with Crippen molar-refractivity contribution in [3.63, 3.8) is 0 Å². The quantitative estimate of drug-likeness (QED) is 0.894. The number of hydrogen-bond donors (Lipinski definition) is 1. The van der Waals surface area contributed by atoms with Gasteiger partial charge in [-0.3, -0.25) is 4.98 Å². The summed E-state index contributed by atoms with van der Waals surface area (Å²) in [5.74, 6) is -0.953. The van der Waals surface area contributed by atoms with Crippen molar-refractivity contribution >= 4 is 11.7 Å². The molecule has 0 atom stereocenters. The first kappa shape index (κ1) is 12.1. The van der Waals surface area contributed by atoms with Crippen LogP contribution in [0.25, 0.3) is 0 Å². The Morgan fingerprint density at radius 2 is 1.94 bits per heavy atom. The van der Waals surface area contributed by atoms with Gasteiger partial charge in [0, 0.05) is 18.9 Å². The van der Waals surface area contributed by atoms with Crippen molar-refractivity contribution < 1.29 is 9.90 Å². The average molecular weight is 242 g/mol. The Bertz CT molecular complexity index is 523. The van der Waals surface area contributed by atoms with Gasteiger partial charge in [0.15, 0.2) is 0 Å². The lowest BCUT2D eigenvalue weighted by Crippen LogP contribution is -2.17. The second-order valence-corrected chi connectivity index (χ2v) is 4.03. The Morgan fingerprint density at radius 3 is 2.50 bits per heavy atom. The van der Waals surface area contributed by atoms with Crippen molar-refractivity contribution in [2.45, 2.75) is 6.54 Å². The summed E-state index contributed by atoms with van der Waals surface area (Å²) < 4.78 is 0. The molecule has 18 heavy (non-hydrogen) atoms. The normalized spacial score (nSPS) is 10.1. The molecule has 1 N–H and O–H groups in total. The van der Waals surface area contributed by atoms with Gasteiger partial charge in [0.25, 0.3) is 0 Å². The fourth-order valence-electron chi connectivity index (χ4n) is 1.66. The topological polar surface area (TPSA) is 53.4 Å². The second kappa shape index (κ2) is 5.31. The predicted octanol–water partition coefficient (Wildman–Crippen LogP) is 2.42. The zero-order chi connectivity index (χ0) is 13.0. The van der Waals surface area contributed by atoms with Crippen LogP contribution in [0.3, 0.4) is 0 Å². The van der Waals surface area contributed by atoms with E-state index in [-0.39, 0.29) is 5.56 Å². The molecule has 0 saturated carbocycles. The third-order valence-electron chi connectivity index (χ3n) is 2.67. The highest BCUT2D eigenvalue weighted by atomic mass is 16.4. The number of aromatic nitrogens is 1. The van der Waals surface area contributed by atoms with Gasteiger partial charge in [-0.05, 0) is 24.3 Å². The summed E-state index contributed by atoms with van der Waals surface area (Å²) in [4.78, 5) is 16.9. The van der Waals surface area contributed by atoms with E-state index in [1.165, 1.54) is 6.20 Å². The summed E-state index contributed by atoms with van der Waals surface area (Å²) in [5.41, 5.74) is 2.15. The minimum absolute atomic E-state index is 0.209. The van der Waals surface area contributed by atoms with Crippen molar-refractivity contribution in [2.24, 2.45) is 0 Å². The van der Waals surface area contributed by atoms with E-state index in [1.807, 2.05) is 37.4 Å². The average Bonchev–Trinajstić information content (AvgIpc) is 2.40. The van der Waals surface area contributed by atoms with Crippen LogP contribution in [0.4, 0.5) is 5.69 Å². The largest absolute Gasteiger partial charge is 0.478 e. The molecule has 2 aromatic rings. The maximum Gasteiger partial charge on any atom is 0.337 e. The summed E-state index contributed by atoms with van der Waals surface area (Å²) in [5, 5.41) is 8.79. The van der Waals surface area contributed by atoms with Gasteiger partial charge in [0.2, 0.25) is 0 Å². The lowest BCUT2D eigenvalue weighted by atomic mass is 10.2. The Morgan fingerprint density at radius 1 is 1.22 bits per heavy atom. The number of carbonyl (C=O) groups is 1. The third-order valence-corrected chi connectivity index (χ3v) is 2.67. The van der Waals surface area contributed by atoms with Crippen LogP contribution in [0.2, 0.25) is 0 Å². The highest BCUT2D eigenvalue weighted by molar-refractivity contribution is 5.87. The molecule has 1 aromatic carbocycles. The summed E-state index contributed by atoms with van der Waals surface area (Å²) in [7, 11) is 1.97. The van der Waals surface area contributed by atoms with Crippen LogP contribution in [0.15, 0.2) is 48.7 Å². The fraction of sp³-hybridized carbons (Fsp3) is 0.143. The summed E-state index contributed by atoms with van der Waals surface area (Å²) in [6.45, 7) is 0.643. The number of carboxylic acid groups (broad SMARTS) is 1. The highest BCUT2D eigenvalue weighted by Gasteiger charge is 2.05. The number of carboxylic acids is 1. The number of hydrogen-bond acceptors (Lipinski definition) is 3. The van der Waals surface area contributed by atoms with Crippen LogP contribution in [-0.2, 0) is 6.54 Å². The molecule has 92 valence electrons. The fourth-order valence-corrected chi connectivity index (χ4v) is 1.66. The van der Waals surface area contributed by atoms with Crippen molar-refractivity contribution in [3.8, 4) is 0 Å². The molecule has 4 nitrogen and oxygen atoms in total. The van der Waals surface area contributed by atoms with Crippen molar-refractivity contribution in [1.82, 2.24) is 4.98 Å². The highest BCUT2D eigenvalue weighted by Crippen LogP contribution is 2.13. The lowest BCUT2D eigenvalue weighted by Gasteiger charge is -2.18. The van der Waals surface area contributed by atoms with E-state index >= 15 is 0 Å². The van der Waals surface area contributed by atoms with E-state index in [1.54, 1.807) is 12.1 Å². The molecule has 0 amide bonds. The Balaban J connectivity index is 2.08. The van der Waals surface area contributed by atoms with Gasteiger partial charge in [-0.15, -0.1) is 0 Å².